The molecule has 13 heteroatoms. The highest BCUT2D eigenvalue weighted by Crippen LogP contribution is 2.49. The molecular weight excluding hydrogens is 500 g/mol. The van der Waals surface area contributed by atoms with Gasteiger partial charge >= 0.3 is 7.82 Å². The first kappa shape index (κ1) is 24.9. The Morgan fingerprint density at radius 2 is 1.39 bits per heavy atom. The van der Waals surface area contributed by atoms with Gasteiger partial charge in [0.2, 0.25) is 0 Å². The number of rotatable bonds is 6. The second-order valence-electron chi connectivity index (χ2n) is 7.05. The normalized spacial score (nSPS) is 11.8. The molecule has 0 saturated heterocycles. The van der Waals surface area contributed by atoms with E-state index in [9.17, 15) is 30.1 Å². The summed E-state index contributed by atoms with van der Waals surface area (Å²) in [4.78, 5) is 22.2. The zero-order chi connectivity index (χ0) is 24.7. The fourth-order valence-corrected chi connectivity index (χ4v) is 3.97. The molecule has 1 aromatic heterocycles. The Morgan fingerprint density at radius 1 is 0.909 bits per heavy atom. The first-order chi connectivity index (χ1) is 15.3. The molecule has 0 radical (unpaired) electrons. The van der Waals surface area contributed by atoms with Gasteiger partial charge in [-0.15, -0.1) is 0 Å². The smallest absolute Gasteiger partial charge is 0.469 e. The molecule has 0 spiro atoms. The second-order valence-corrected chi connectivity index (χ2v) is 9.11. The minimum atomic E-state index is -4.92. The van der Waals surface area contributed by atoms with Gasteiger partial charge in [-0.25, -0.2) is 4.57 Å². The number of halogens is 2. The van der Waals surface area contributed by atoms with E-state index in [2.05, 4.69) is 9.51 Å². The molecule has 7 N–H and O–H groups in total. The number of aromatic nitrogens is 1. The second kappa shape index (κ2) is 9.26. The van der Waals surface area contributed by atoms with Crippen LogP contribution < -0.4 is 0 Å². The predicted octanol–water partition coefficient (Wildman–Crippen LogP) is 4.01. The van der Waals surface area contributed by atoms with E-state index < -0.39 is 49.1 Å². The maximum atomic E-state index is 11.3. The third kappa shape index (κ3) is 5.27. The number of aryl methyl sites for hydroxylation is 1. The molecule has 0 amide bonds. The van der Waals surface area contributed by atoms with Crippen LogP contribution in [0.15, 0.2) is 30.5 Å². The van der Waals surface area contributed by atoms with Crippen LogP contribution in [0.2, 0.25) is 10.0 Å². The SMILES string of the molecule is Cc1ncc(COP(=O)(O)O)c(C(c2cc(Cl)c(O)cc2O)c2cc(Cl)c(O)cc2O)c1O. The number of pyridine rings is 1. The number of hydrogen-bond acceptors (Lipinski definition) is 8. The van der Waals surface area contributed by atoms with Gasteiger partial charge in [-0.1, -0.05) is 23.2 Å². The Kier molecular flexibility index (Phi) is 6.99. The highest BCUT2D eigenvalue weighted by atomic mass is 35.5. The first-order valence-electron chi connectivity index (χ1n) is 9.10. The Bertz CT molecular complexity index is 1220. The maximum absolute atomic E-state index is 11.3. The minimum absolute atomic E-state index is 0.00128. The highest BCUT2D eigenvalue weighted by molar-refractivity contribution is 7.46. The molecule has 0 aliphatic heterocycles. The van der Waals surface area contributed by atoms with E-state index in [0.717, 1.165) is 12.1 Å². The summed E-state index contributed by atoms with van der Waals surface area (Å²) in [5, 5.41) is 51.4. The van der Waals surface area contributed by atoms with Gasteiger partial charge < -0.3 is 35.3 Å². The van der Waals surface area contributed by atoms with Gasteiger partial charge in [0.25, 0.3) is 0 Å². The molecular formula is C20H18Cl2NO9P. The van der Waals surface area contributed by atoms with Crippen LogP contribution in [-0.2, 0) is 15.7 Å². The van der Waals surface area contributed by atoms with Crippen molar-refractivity contribution in [2.45, 2.75) is 19.4 Å². The van der Waals surface area contributed by atoms with E-state index in [4.69, 9.17) is 33.0 Å². The number of phenolic OH excluding ortho intramolecular Hbond substituents is 4. The third-order valence-electron chi connectivity index (χ3n) is 4.85. The number of nitrogens with zero attached hydrogens (tertiary/aromatic N) is 1. The van der Waals surface area contributed by atoms with E-state index in [-0.39, 0.29) is 38.0 Å². The largest absolute Gasteiger partial charge is 0.507 e. The van der Waals surface area contributed by atoms with E-state index in [1.807, 2.05) is 0 Å². The molecule has 3 rings (SSSR count). The molecule has 3 aromatic rings. The summed E-state index contributed by atoms with van der Waals surface area (Å²) in [7, 11) is -4.92. The lowest BCUT2D eigenvalue weighted by Gasteiger charge is -2.25. The van der Waals surface area contributed by atoms with E-state index in [0.29, 0.717) is 0 Å². The Balaban J connectivity index is 2.39. The van der Waals surface area contributed by atoms with Crippen LogP contribution in [0.25, 0.3) is 0 Å². The number of phosphoric ester groups is 1. The van der Waals surface area contributed by atoms with E-state index in [1.165, 1.54) is 25.3 Å². The molecule has 0 aliphatic carbocycles. The van der Waals surface area contributed by atoms with Crippen LogP contribution in [0.4, 0.5) is 0 Å². The third-order valence-corrected chi connectivity index (χ3v) is 5.92. The van der Waals surface area contributed by atoms with E-state index in [1.54, 1.807) is 0 Å². The molecule has 10 nitrogen and oxygen atoms in total. The average molecular weight is 518 g/mol. The number of hydrogen-bond donors (Lipinski definition) is 7. The van der Waals surface area contributed by atoms with Crippen LogP contribution in [0.5, 0.6) is 28.7 Å². The monoisotopic (exact) mass is 517 g/mol. The van der Waals surface area contributed by atoms with Crippen molar-refractivity contribution < 1.29 is 44.4 Å². The summed E-state index contributed by atoms with van der Waals surface area (Å²) in [6.07, 6.45) is 1.20. The molecule has 2 aromatic carbocycles. The zero-order valence-electron chi connectivity index (χ0n) is 16.8. The topological polar surface area (TPSA) is 181 Å². The Hall–Kier alpha value is -2.72. The van der Waals surface area contributed by atoms with Gasteiger partial charge in [0, 0.05) is 46.5 Å². The Morgan fingerprint density at radius 3 is 1.85 bits per heavy atom. The van der Waals surface area contributed by atoms with Crippen LogP contribution in [0, 0.1) is 6.92 Å². The van der Waals surface area contributed by atoms with Gasteiger partial charge in [0.05, 0.1) is 22.3 Å². The van der Waals surface area contributed by atoms with E-state index >= 15 is 0 Å². The summed E-state index contributed by atoms with van der Waals surface area (Å²) in [6.45, 7) is 0.757. The first-order valence-corrected chi connectivity index (χ1v) is 11.4. The summed E-state index contributed by atoms with van der Waals surface area (Å²) >= 11 is 12.1. The molecule has 1 heterocycles. The quantitative estimate of drug-likeness (QED) is 0.236. The molecule has 33 heavy (non-hydrogen) atoms. The molecule has 0 bridgehead atoms. The van der Waals surface area contributed by atoms with Crippen molar-refractivity contribution in [1.82, 2.24) is 4.98 Å². The lowest BCUT2D eigenvalue weighted by molar-refractivity contribution is 0.188. The zero-order valence-corrected chi connectivity index (χ0v) is 19.2. The number of aromatic hydroxyl groups is 5. The highest BCUT2D eigenvalue weighted by Gasteiger charge is 2.31. The summed E-state index contributed by atoms with van der Waals surface area (Å²) in [5.74, 6) is -3.55. The van der Waals surface area contributed by atoms with Crippen molar-refractivity contribution >= 4 is 31.0 Å². The fourth-order valence-electron chi connectivity index (χ4n) is 3.32. The van der Waals surface area contributed by atoms with Gasteiger partial charge in [-0.05, 0) is 19.1 Å². The standard InChI is InChI=1S/C20H18Cl2NO9P/c1-8-20(28)18(9(6-23-8)7-32-33(29,30)31)19(10-2-12(21)16(26)4-14(10)24)11-3-13(22)17(27)5-15(11)25/h2-6,19,24-28H,7H2,1H3,(H2,29,30,31). The molecule has 0 atom stereocenters. The number of phenols is 4. The summed E-state index contributed by atoms with van der Waals surface area (Å²) < 4.78 is 15.8. The van der Waals surface area contributed by atoms with Gasteiger partial charge in [0.1, 0.15) is 28.7 Å². The van der Waals surface area contributed by atoms with Crippen molar-refractivity contribution in [3.63, 3.8) is 0 Å². The molecule has 0 saturated carbocycles. The van der Waals surface area contributed by atoms with Crippen molar-refractivity contribution in [2.24, 2.45) is 0 Å². The van der Waals surface area contributed by atoms with Crippen molar-refractivity contribution in [2.75, 3.05) is 0 Å². The van der Waals surface area contributed by atoms with Crippen LogP contribution >= 0.6 is 31.0 Å². The Labute approximate surface area is 197 Å². The van der Waals surface area contributed by atoms with Crippen LogP contribution in [-0.4, -0.2) is 40.3 Å². The molecule has 176 valence electrons. The van der Waals surface area contributed by atoms with Crippen LogP contribution in [0.1, 0.15) is 33.9 Å². The lowest BCUT2D eigenvalue weighted by atomic mass is 9.81. The number of benzene rings is 2. The minimum Gasteiger partial charge on any atom is -0.507 e. The van der Waals surface area contributed by atoms with Crippen molar-refractivity contribution in [1.29, 1.82) is 0 Å². The van der Waals surface area contributed by atoms with Gasteiger partial charge in [0.15, 0.2) is 0 Å². The van der Waals surface area contributed by atoms with Crippen molar-refractivity contribution in [3.05, 3.63) is 68.5 Å². The van der Waals surface area contributed by atoms with Crippen molar-refractivity contribution in [3.8, 4) is 28.7 Å². The average Bonchev–Trinajstić information content (AvgIpc) is 2.71. The fraction of sp³-hybridized carbons (Fsp3) is 0.150. The molecule has 0 aliphatic rings. The predicted molar refractivity (Wildman–Crippen MR) is 118 cm³/mol. The summed E-state index contributed by atoms with van der Waals surface area (Å²) in [6, 6.07) is 4.25. The van der Waals surface area contributed by atoms with Gasteiger partial charge in [-0.2, -0.15) is 0 Å². The lowest BCUT2D eigenvalue weighted by Crippen LogP contribution is -2.10. The maximum Gasteiger partial charge on any atom is 0.469 e. The number of phosphoric acid groups is 1. The molecule has 0 unspecified atom stereocenters. The summed E-state index contributed by atoms with van der Waals surface area (Å²) in [5.41, 5.74) is 0.0220. The van der Waals surface area contributed by atoms with Gasteiger partial charge in [-0.3, -0.25) is 9.51 Å². The van der Waals surface area contributed by atoms with Crippen LogP contribution in [0.3, 0.4) is 0 Å². The molecule has 0 fully saturated rings.